The summed E-state index contributed by atoms with van der Waals surface area (Å²) >= 11 is 0. The second kappa shape index (κ2) is 2.80. The summed E-state index contributed by atoms with van der Waals surface area (Å²) in [5.74, 6) is 0. The third-order valence-electron chi connectivity index (χ3n) is 2.75. The zero-order chi connectivity index (χ0) is 8.48. The average Bonchev–Trinajstić information content (AvgIpc) is 1.98. The van der Waals surface area contributed by atoms with Crippen molar-refractivity contribution in [3.8, 4) is 0 Å². The fraction of sp³-hybridized carbons (Fsp3) is 0.700. The Morgan fingerprint density at radius 2 is 2.00 bits per heavy atom. The van der Waals surface area contributed by atoms with E-state index in [1.807, 2.05) is 0 Å². The molecule has 0 aliphatic heterocycles. The molecule has 1 nitrogen and oxygen atoms in total. The Morgan fingerprint density at radius 3 is 2.45 bits per heavy atom. The van der Waals surface area contributed by atoms with Crippen molar-refractivity contribution in [3.05, 3.63) is 11.1 Å². The van der Waals surface area contributed by atoms with Crippen LogP contribution in [-0.4, -0.2) is 6.29 Å². The Morgan fingerprint density at radius 1 is 1.36 bits per heavy atom. The summed E-state index contributed by atoms with van der Waals surface area (Å²) in [4.78, 5) is 10.7. The number of rotatable bonds is 1. The van der Waals surface area contributed by atoms with E-state index in [1.165, 1.54) is 11.1 Å². The van der Waals surface area contributed by atoms with Gasteiger partial charge in [-0.3, -0.25) is 0 Å². The van der Waals surface area contributed by atoms with Crippen LogP contribution in [0.15, 0.2) is 11.1 Å². The second-order valence-electron chi connectivity index (χ2n) is 4.01. The van der Waals surface area contributed by atoms with E-state index < -0.39 is 0 Å². The van der Waals surface area contributed by atoms with E-state index in [4.69, 9.17) is 0 Å². The average molecular weight is 152 g/mol. The monoisotopic (exact) mass is 152 g/mol. The zero-order valence-electron chi connectivity index (χ0n) is 7.61. The molecule has 0 N–H and O–H groups in total. The standard InChI is InChI=1S/C10H16O/c1-8-4-5-10(3,7-11)6-9(8)2/h7H,4-6H2,1-3H3. The molecule has 1 rings (SSSR count). The molecule has 0 bridgehead atoms. The van der Waals surface area contributed by atoms with E-state index in [0.717, 1.165) is 25.5 Å². The quantitative estimate of drug-likeness (QED) is 0.417. The Balaban J connectivity index is 2.78. The molecule has 0 radical (unpaired) electrons. The summed E-state index contributed by atoms with van der Waals surface area (Å²) in [6, 6.07) is 0. The molecule has 0 spiro atoms. The van der Waals surface area contributed by atoms with Crippen LogP contribution < -0.4 is 0 Å². The molecule has 1 aliphatic carbocycles. The van der Waals surface area contributed by atoms with Gasteiger partial charge in [-0.05, 0) is 33.1 Å². The van der Waals surface area contributed by atoms with Crippen molar-refractivity contribution in [3.63, 3.8) is 0 Å². The van der Waals surface area contributed by atoms with E-state index in [9.17, 15) is 4.79 Å². The van der Waals surface area contributed by atoms with Gasteiger partial charge in [0.2, 0.25) is 0 Å². The second-order valence-corrected chi connectivity index (χ2v) is 4.01. The maximum atomic E-state index is 10.7. The topological polar surface area (TPSA) is 17.1 Å². The van der Waals surface area contributed by atoms with Gasteiger partial charge in [-0.1, -0.05) is 18.1 Å². The first-order chi connectivity index (χ1) is 5.07. The fourth-order valence-corrected chi connectivity index (χ4v) is 1.63. The lowest BCUT2D eigenvalue weighted by atomic mass is 9.75. The molecule has 0 aromatic carbocycles. The summed E-state index contributed by atoms with van der Waals surface area (Å²) in [6.45, 7) is 6.35. The number of carbonyl (C=O) groups is 1. The number of aldehydes is 1. The number of carbonyl (C=O) groups excluding carboxylic acids is 1. The van der Waals surface area contributed by atoms with Crippen LogP contribution in [0, 0.1) is 5.41 Å². The molecule has 1 heteroatoms. The molecule has 0 heterocycles. The first kappa shape index (κ1) is 8.51. The van der Waals surface area contributed by atoms with Crippen molar-refractivity contribution >= 4 is 6.29 Å². The van der Waals surface area contributed by atoms with E-state index in [2.05, 4.69) is 20.8 Å². The van der Waals surface area contributed by atoms with Gasteiger partial charge in [0, 0.05) is 5.41 Å². The Hall–Kier alpha value is -0.590. The van der Waals surface area contributed by atoms with Crippen molar-refractivity contribution in [2.24, 2.45) is 5.41 Å². The maximum Gasteiger partial charge on any atom is 0.126 e. The van der Waals surface area contributed by atoms with Crippen LogP contribution in [0.3, 0.4) is 0 Å². The molecule has 1 aliphatic rings. The van der Waals surface area contributed by atoms with E-state index in [-0.39, 0.29) is 5.41 Å². The highest BCUT2D eigenvalue weighted by molar-refractivity contribution is 5.60. The van der Waals surface area contributed by atoms with Crippen LogP contribution in [0.25, 0.3) is 0 Å². The predicted octanol–water partition coefficient (Wildman–Crippen LogP) is 2.71. The highest BCUT2D eigenvalue weighted by atomic mass is 16.1. The number of allylic oxidation sites excluding steroid dienone is 2. The largest absolute Gasteiger partial charge is 0.303 e. The van der Waals surface area contributed by atoms with Crippen molar-refractivity contribution in [2.45, 2.75) is 40.0 Å². The van der Waals surface area contributed by atoms with Gasteiger partial charge in [-0.2, -0.15) is 0 Å². The van der Waals surface area contributed by atoms with Gasteiger partial charge in [0.1, 0.15) is 6.29 Å². The van der Waals surface area contributed by atoms with Crippen LogP contribution in [-0.2, 0) is 4.79 Å². The Labute approximate surface area is 68.5 Å². The minimum Gasteiger partial charge on any atom is -0.303 e. The van der Waals surface area contributed by atoms with Crippen molar-refractivity contribution in [1.82, 2.24) is 0 Å². The van der Waals surface area contributed by atoms with Gasteiger partial charge >= 0.3 is 0 Å². The third kappa shape index (κ3) is 1.70. The SMILES string of the molecule is CC1=C(C)CC(C)(C=O)CC1. The Bertz CT molecular complexity index is 203. The first-order valence-electron chi connectivity index (χ1n) is 4.19. The highest BCUT2D eigenvalue weighted by Gasteiger charge is 2.27. The first-order valence-corrected chi connectivity index (χ1v) is 4.19. The zero-order valence-corrected chi connectivity index (χ0v) is 7.61. The van der Waals surface area contributed by atoms with Gasteiger partial charge in [0.15, 0.2) is 0 Å². The summed E-state index contributed by atoms with van der Waals surface area (Å²) in [5, 5.41) is 0. The minimum absolute atomic E-state index is 0.0659. The smallest absolute Gasteiger partial charge is 0.126 e. The van der Waals surface area contributed by atoms with Crippen LogP contribution in [0.1, 0.15) is 40.0 Å². The molecule has 0 saturated heterocycles. The van der Waals surface area contributed by atoms with Crippen LogP contribution in [0.4, 0.5) is 0 Å². The molecule has 0 fully saturated rings. The normalized spacial score (nSPS) is 32.3. The summed E-state index contributed by atoms with van der Waals surface area (Å²) in [6.07, 6.45) is 4.20. The lowest BCUT2D eigenvalue weighted by Gasteiger charge is -2.29. The summed E-state index contributed by atoms with van der Waals surface area (Å²) < 4.78 is 0. The van der Waals surface area contributed by atoms with Crippen molar-refractivity contribution in [2.75, 3.05) is 0 Å². The highest BCUT2D eigenvalue weighted by Crippen LogP contribution is 2.36. The molecule has 0 amide bonds. The molecule has 0 saturated carbocycles. The molecule has 0 aromatic heterocycles. The molecular weight excluding hydrogens is 136 g/mol. The molecular formula is C10H16O. The van der Waals surface area contributed by atoms with Crippen molar-refractivity contribution < 1.29 is 4.79 Å². The third-order valence-corrected chi connectivity index (χ3v) is 2.75. The van der Waals surface area contributed by atoms with E-state index in [0.29, 0.717) is 0 Å². The maximum absolute atomic E-state index is 10.7. The van der Waals surface area contributed by atoms with E-state index >= 15 is 0 Å². The lowest BCUT2D eigenvalue weighted by Crippen LogP contribution is -2.22. The number of hydrogen-bond acceptors (Lipinski definition) is 1. The summed E-state index contributed by atoms with van der Waals surface area (Å²) in [5.41, 5.74) is 2.82. The molecule has 0 aromatic rings. The van der Waals surface area contributed by atoms with Gasteiger partial charge in [0.05, 0.1) is 0 Å². The molecule has 1 atom stereocenters. The summed E-state index contributed by atoms with van der Waals surface area (Å²) in [7, 11) is 0. The lowest BCUT2D eigenvalue weighted by molar-refractivity contribution is -0.115. The van der Waals surface area contributed by atoms with Gasteiger partial charge in [-0.25, -0.2) is 0 Å². The van der Waals surface area contributed by atoms with Gasteiger partial charge in [0.25, 0.3) is 0 Å². The molecule has 11 heavy (non-hydrogen) atoms. The van der Waals surface area contributed by atoms with Crippen LogP contribution >= 0.6 is 0 Å². The van der Waals surface area contributed by atoms with Crippen LogP contribution in [0.2, 0.25) is 0 Å². The Kier molecular flexibility index (Phi) is 2.17. The fourth-order valence-electron chi connectivity index (χ4n) is 1.63. The van der Waals surface area contributed by atoms with E-state index in [1.54, 1.807) is 0 Å². The molecule has 62 valence electrons. The van der Waals surface area contributed by atoms with Gasteiger partial charge < -0.3 is 4.79 Å². The van der Waals surface area contributed by atoms with Gasteiger partial charge in [-0.15, -0.1) is 0 Å². The number of hydrogen-bond donors (Lipinski definition) is 0. The minimum atomic E-state index is -0.0659. The van der Waals surface area contributed by atoms with Crippen molar-refractivity contribution in [1.29, 1.82) is 0 Å². The predicted molar refractivity (Wildman–Crippen MR) is 46.4 cm³/mol. The molecule has 1 unspecified atom stereocenters. The van der Waals surface area contributed by atoms with Crippen LogP contribution in [0.5, 0.6) is 0 Å².